The third kappa shape index (κ3) is 6.23. The predicted octanol–water partition coefficient (Wildman–Crippen LogP) is 7.39. The zero-order chi connectivity index (χ0) is 28.8. The standard InChI is InChI=1S/C30H43NO6S/c1-11-36-26(33)23(37-29(6,7)8)20-17(2)38-24(21(20)18-12-14-30(9,10)15-13-18)19-16-31(27(34)35)25(32)22(19)28(3,4)5/h12,23H,11,13-16H2,1-10H3,(H,34,35). The molecule has 38 heavy (non-hydrogen) atoms. The van der Waals surface area contributed by atoms with E-state index in [-0.39, 0.29) is 18.6 Å². The molecular weight excluding hydrogens is 502 g/mol. The Balaban J connectivity index is 2.37. The number of ether oxygens (including phenoxy) is 2. The summed E-state index contributed by atoms with van der Waals surface area (Å²) in [5.74, 6) is -0.933. The van der Waals surface area contributed by atoms with Gasteiger partial charge in [-0.3, -0.25) is 4.79 Å². The van der Waals surface area contributed by atoms with Gasteiger partial charge in [-0.25, -0.2) is 14.5 Å². The van der Waals surface area contributed by atoms with Crippen LogP contribution in [-0.4, -0.2) is 46.7 Å². The molecule has 0 bridgehead atoms. The lowest BCUT2D eigenvalue weighted by atomic mass is 9.75. The molecule has 1 aliphatic carbocycles. The molecular formula is C30H43NO6S. The lowest BCUT2D eigenvalue weighted by Gasteiger charge is -2.31. The molecule has 0 saturated heterocycles. The van der Waals surface area contributed by atoms with Crippen LogP contribution in [0.15, 0.2) is 11.6 Å². The van der Waals surface area contributed by atoms with E-state index < -0.39 is 35.1 Å². The zero-order valence-corrected chi connectivity index (χ0v) is 25.4. The largest absolute Gasteiger partial charge is 0.465 e. The molecule has 1 aromatic rings. The Kier molecular flexibility index (Phi) is 8.40. The summed E-state index contributed by atoms with van der Waals surface area (Å²) in [6.07, 6.45) is 2.69. The van der Waals surface area contributed by atoms with E-state index in [2.05, 4.69) is 19.9 Å². The first kappa shape index (κ1) is 30.1. The van der Waals surface area contributed by atoms with Crippen LogP contribution in [0.25, 0.3) is 11.1 Å². The maximum Gasteiger partial charge on any atom is 0.414 e. The molecule has 0 spiro atoms. The third-order valence-corrected chi connectivity index (χ3v) is 8.17. The first-order valence-corrected chi connectivity index (χ1v) is 14.2. The van der Waals surface area contributed by atoms with Gasteiger partial charge in [0, 0.05) is 26.5 Å². The smallest absolute Gasteiger partial charge is 0.414 e. The van der Waals surface area contributed by atoms with Crippen molar-refractivity contribution >= 4 is 40.5 Å². The van der Waals surface area contributed by atoms with Crippen LogP contribution in [0.3, 0.4) is 0 Å². The van der Waals surface area contributed by atoms with Gasteiger partial charge in [0.1, 0.15) is 0 Å². The molecule has 8 heteroatoms. The van der Waals surface area contributed by atoms with E-state index in [4.69, 9.17) is 9.47 Å². The molecule has 1 atom stereocenters. The van der Waals surface area contributed by atoms with Crippen LogP contribution < -0.4 is 0 Å². The predicted molar refractivity (Wildman–Crippen MR) is 151 cm³/mol. The van der Waals surface area contributed by atoms with Gasteiger partial charge in [-0.1, -0.05) is 40.7 Å². The number of rotatable bonds is 6. The van der Waals surface area contributed by atoms with Gasteiger partial charge in [-0.15, -0.1) is 11.3 Å². The van der Waals surface area contributed by atoms with Gasteiger partial charge in [0.2, 0.25) is 0 Å². The molecule has 2 aliphatic rings. The molecule has 0 aromatic carbocycles. The van der Waals surface area contributed by atoms with Gasteiger partial charge >= 0.3 is 12.1 Å². The summed E-state index contributed by atoms with van der Waals surface area (Å²) >= 11 is 1.50. The normalized spacial score (nSPS) is 19.1. The van der Waals surface area contributed by atoms with E-state index in [1.165, 1.54) is 11.3 Å². The molecule has 3 rings (SSSR count). The van der Waals surface area contributed by atoms with Gasteiger partial charge in [0.25, 0.3) is 5.91 Å². The molecule has 2 heterocycles. The Morgan fingerprint density at radius 2 is 1.82 bits per heavy atom. The topological polar surface area (TPSA) is 93.1 Å². The minimum absolute atomic E-state index is 0.0177. The zero-order valence-electron chi connectivity index (χ0n) is 24.5. The van der Waals surface area contributed by atoms with E-state index in [1.807, 2.05) is 48.5 Å². The van der Waals surface area contributed by atoms with Gasteiger partial charge < -0.3 is 14.6 Å². The van der Waals surface area contributed by atoms with E-state index in [0.717, 1.165) is 50.6 Å². The highest BCUT2D eigenvalue weighted by Gasteiger charge is 2.43. The fourth-order valence-electron chi connectivity index (χ4n) is 5.19. The minimum atomic E-state index is -1.26. The van der Waals surface area contributed by atoms with Crippen molar-refractivity contribution in [2.75, 3.05) is 13.2 Å². The van der Waals surface area contributed by atoms with Gasteiger partial charge in [0.15, 0.2) is 6.10 Å². The molecule has 1 aliphatic heterocycles. The highest BCUT2D eigenvalue weighted by molar-refractivity contribution is 7.13. The number of imide groups is 1. The van der Waals surface area contributed by atoms with Crippen molar-refractivity contribution in [1.29, 1.82) is 0 Å². The quantitative estimate of drug-likeness (QED) is 0.375. The average molecular weight is 546 g/mol. The SMILES string of the molecule is CCOC(=O)C(OC(C)(C)C)c1c(C)sc(C2=C(C(C)(C)C)C(=O)N(C(=O)O)C2)c1C1=CCC(C)(C)CC1. The first-order chi connectivity index (χ1) is 17.4. The van der Waals surface area contributed by atoms with Crippen molar-refractivity contribution in [2.45, 2.75) is 100 Å². The summed E-state index contributed by atoms with van der Waals surface area (Å²) in [4.78, 5) is 41.3. The summed E-state index contributed by atoms with van der Waals surface area (Å²) in [7, 11) is 0. The Morgan fingerprint density at radius 1 is 1.18 bits per heavy atom. The highest BCUT2D eigenvalue weighted by atomic mass is 32.1. The number of amides is 2. The van der Waals surface area contributed by atoms with E-state index in [0.29, 0.717) is 11.1 Å². The number of carbonyl (C=O) groups excluding carboxylic acids is 2. The van der Waals surface area contributed by atoms with Gasteiger partial charge in [-0.05, 0) is 75.9 Å². The van der Waals surface area contributed by atoms with Gasteiger partial charge in [-0.2, -0.15) is 0 Å². The van der Waals surface area contributed by atoms with E-state index in [9.17, 15) is 19.5 Å². The molecule has 2 amide bonds. The van der Waals surface area contributed by atoms with Gasteiger partial charge in [0.05, 0.1) is 18.8 Å². The number of esters is 1. The molecule has 210 valence electrons. The van der Waals surface area contributed by atoms with Crippen molar-refractivity contribution < 1.29 is 29.0 Å². The molecule has 0 fully saturated rings. The Morgan fingerprint density at radius 3 is 2.29 bits per heavy atom. The summed E-state index contributed by atoms with van der Waals surface area (Å²) in [6.45, 7) is 19.9. The first-order valence-electron chi connectivity index (χ1n) is 13.3. The number of thiophene rings is 1. The lowest BCUT2D eigenvalue weighted by molar-refractivity contribution is -0.166. The van der Waals surface area contributed by atoms with Crippen molar-refractivity contribution in [1.82, 2.24) is 4.90 Å². The molecule has 0 saturated carbocycles. The number of carbonyl (C=O) groups is 3. The highest BCUT2D eigenvalue weighted by Crippen LogP contribution is 2.50. The average Bonchev–Trinajstić information content (AvgIpc) is 3.28. The van der Waals surface area contributed by atoms with Crippen molar-refractivity contribution in [3.63, 3.8) is 0 Å². The Bertz CT molecular complexity index is 1190. The van der Waals surface area contributed by atoms with Crippen LogP contribution >= 0.6 is 11.3 Å². The number of aryl methyl sites for hydroxylation is 1. The maximum absolute atomic E-state index is 13.3. The van der Waals surface area contributed by atoms with Crippen LogP contribution in [-0.2, 0) is 19.1 Å². The number of hydrogen-bond acceptors (Lipinski definition) is 6. The monoisotopic (exact) mass is 545 g/mol. The van der Waals surface area contributed by atoms with Crippen LogP contribution in [0.4, 0.5) is 4.79 Å². The second-order valence-electron chi connectivity index (χ2n) is 13.0. The van der Waals surface area contributed by atoms with Crippen LogP contribution in [0.5, 0.6) is 0 Å². The van der Waals surface area contributed by atoms with Crippen LogP contribution in [0.2, 0.25) is 0 Å². The number of carboxylic acid groups (broad SMARTS) is 1. The summed E-state index contributed by atoms with van der Waals surface area (Å²) in [5.41, 5.74) is 2.93. The lowest BCUT2D eigenvalue weighted by Crippen LogP contribution is -2.34. The summed E-state index contributed by atoms with van der Waals surface area (Å²) < 4.78 is 11.8. The Labute approximate surface area is 230 Å². The number of nitrogens with zero attached hydrogens (tertiary/aromatic N) is 1. The minimum Gasteiger partial charge on any atom is -0.465 e. The van der Waals surface area contributed by atoms with E-state index >= 15 is 0 Å². The molecule has 1 aromatic heterocycles. The Hall–Kier alpha value is -2.45. The second kappa shape index (κ2) is 10.6. The molecule has 7 nitrogen and oxygen atoms in total. The summed E-state index contributed by atoms with van der Waals surface area (Å²) in [5, 5.41) is 9.80. The second-order valence-corrected chi connectivity index (χ2v) is 14.2. The van der Waals surface area contributed by atoms with Crippen LogP contribution in [0, 0.1) is 17.8 Å². The van der Waals surface area contributed by atoms with Crippen molar-refractivity contribution in [3.8, 4) is 0 Å². The summed E-state index contributed by atoms with van der Waals surface area (Å²) in [6, 6.07) is 0. The van der Waals surface area contributed by atoms with Crippen molar-refractivity contribution in [2.24, 2.45) is 10.8 Å². The third-order valence-electron chi connectivity index (χ3n) is 6.99. The maximum atomic E-state index is 13.3. The van der Waals surface area contributed by atoms with Crippen molar-refractivity contribution in [3.05, 3.63) is 32.5 Å². The number of hydrogen-bond donors (Lipinski definition) is 1. The fourth-order valence-corrected chi connectivity index (χ4v) is 6.45. The number of allylic oxidation sites excluding steroid dienone is 2. The van der Waals surface area contributed by atoms with E-state index in [1.54, 1.807) is 6.92 Å². The van der Waals surface area contributed by atoms with Crippen LogP contribution in [0.1, 0.15) is 109 Å². The molecule has 1 unspecified atom stereocenters. The molecule has 0 radical (unpaired) electrons. The fraction of sp³-hybridized carbons (Fsp3) is 0.633. The molecule has 1 N–H and O–H groups in total.